The van der Waals surface area contributed by atoms with Crippen LogP contribution < -0.4 is 14.4 Å². The molecule has 0 fully saturated rings. The monoisotopic (exact) mass is 585 g/mol. The molecule has 3 rings (SSSR count). The summed E-state index contributed by atoms with van der Waals surface area (Å²) in [5.74, 6) is -0.409. The fourth-order valence-corrected chi connectivity index (χ4v) is 5.22. The Morgan fingerprint density at radius 1 is 0.950 bits per heavy atom. The first-order valence-electron chi connectivity index (χ1n) is 13.0. The number of rotatable bonds is 13. The molecule has 214 valence electrons. The molecule has 0 saturated heterocycles. The van der Waals surface area contributed by atoms with Crippen molar-refractivity contribution in [1.29, 1.82) is 0 Å². The van der Waals surface area contributed by atoms with E-state index in [0.717, 1.165) is 21.7 Å². The quantitative estimate of drug-likeness (QED) is 0.318. The van der Waals surface area contributed by atoms with Crippen molar-refractivity contribution in [2.45, 2.75) is 32.9 Å². The lowest BCUT2D eigenvalue weighted by molar-refractivity contribution is -0.140. The average molecular weight is 586 g/mol. The summed E-state index contributed by atoms with van der Waals surface area (Å²) in [6.07, 6.45) is 1.27. The Hall–Kier alpha value is -3.56. The zero-order valence-corrected chi connectivity index (χ0v) is 24.8. The highest BCUT2D eigenvalue weighted by Gasteiger charge is 2.33. The molecule has 0 bridgehead atoms. The Labute approximate surface area is 241 Å². The number of nitrogens with zero attached hydrogens (tertiary/aromatic N) is 2. The summed E-state index contributed by atoms with van der Waals surface area (Å²) in [5.41, 5.74) is 1.81. The Morgan fingerprint density at radius 3 is 2.10 bits per heavy atom. The Morgan fingerprint density at radius 2 is 1.55 bits per heavy atom. The first-order valence-corrected chi connectivity index (χ1v) is 15.2. The van der Waals surface area contributed by atoms with Gasteiger partial charge in [0.15, 0.2) is 0 Å². The Bertz CT molecular complexity index is 1380. The van der Waals surface area contributed by atoms with Gasteiger partial charge in [0.05, 0.1) is 19.1 Å². The molecule has 0 aromatic heterocycles. The number of sulfonamides is 1. The van der Waals surface area contributed by atoms with E-state index in [1.54, 1.807) is 12.1 Å². The SMILES string of the molecule is COc1ccc(Cl)cc1N(CC(=O)N(Cc1ccccc1)[C@@H](Cc1ccccc1)C(=O)NCC(C)C)S(C)(=O)=O. The predicted octanol–water partition coefficient (Wildman–Crippen LogP) is 4.53. The molecule has 10 heteroatoms. The molecule has 0 spiro atoms. The van der Waals surface area contributed by atoms with Gasteiger partial charge in [-0.2, -0.15) is 0 Å². The largest absolute Gasteiger partial charge is 0.495 e. The lowest BCUT2D eigenvalue weighted by Gasteiger charge is -2.34. The molecule has 8 nitrogen and oxygen atoms in total. The molecule has 3 aromatic carbocycles. The summed E-state index contributed by atoms with van der Waals surface area (Å²) in [7, 11) is -2.54. The van der Waals surface area contributed by atoms with Gasteiger partial charge in [0.25, 0.3) is 0 Å². The zero-order chi connectivity index (χ0) is 29.3. The minimum absolute atomic E-state index is 0.108. The molecule has 0 aliphatic carbocycles. The van der Waals surface area contributed by atoms with E-state index in [1.807, 2.05) is 74.5 Å². The van der Waals surface area contributed by atoms with Crippen LogP contribution in [0.1, 0.15) is 25.0 Å². The molecular formula is C30H36ClN3O5S. The minimum atomic E-state index is -3.95. The summed E-state index contributed by atoms with van der Waals surface area (Å²) >= 11 is 6.19. The van der Waals surface area contributed by atoms with Crippen molar-refractivity contribution >= 4 is 39.1 Å². The number of amides is 2. The van der Waals surface area contributed by atoms with E-state index in [2.05, 4.69) is 5.32 Å². The number of halogens is 1. The standard InChI is InChI=1S/C30H36ClN3O5S/c1-22(2)19-32-30(36)27(17-23-11-7-5-8-12-23)33(20-24-13-9-6-10-14-24)29(35)21-34(40(4,37)38)26-18-25(31)15-16-28(26)39-3/h5-16,18,22,27H,17,19-21H2,1-4H3,(H,32,36)/t27-/m0/s1. The molecule has 0 saturated carbocycles. The molecule has 1 N–H and O–H groups in total. The van der Waals surface area contributed by atoms with E-state index < -0.39 is 28.5 Å². The van der Waals surface area contributed by atoms with E-state index >= 15 is 0 Å². The molecule has 0 heterocycles. The number of anilines is 1. The normalized spacial score (nSPS) is 12.1. The van der Waals surface area contributed by atoms with Crippen molar-refractivity contribution in [3.63, 3.8) is 0 Å². The number of carbonyl (C=O) groups is 2. The topological polar surface area (TPSA) is 96.0 Å². The van der Waals surface area contributed by atoms with E-state index in [1.165, 1.54) is 18.1 Å². The Kier molecular flexibility index (Phi) is 11.0. The molecule has 2 amide bonds. The minimum Gasteiger partial charge on any atom is -0.495 e. The van der Waals surface area contributed by atoms with E-state index in [4.69, 9.17) is 16.3 Å². The van der Waals surface area contributed by atoms with Gasteiger partial charge in [-0.3, -0.25) is 13.9 Å². The van der Waals surface area contributed by atoms with Crippen molar-refractivity contribution in [3.8, 4) is 5.75 Å². The number of hydrogen-bond acceptors (Lipinski definition) is 5. The lowest BCUT2D eigenvalue weighted by Crippen LogP contribution is -2.53. The third kappa shape index (κ3) is 8.72. The van der Waals surface area contributed by atoms with Gasteiger partial charge in [0, 0.05) is 24.5 Å². The zero-order valence-electron chi connectivity index (χ0n) is 23.2. The van der Waals surface area contributed by atoms with E-state index in [9.17, 15) is 18.0 Å². The maximum absolute atomic E-state index is 14.1. The second-order valence-corrected chi connectivity index (χ2v) is 12.3. The molecular weight excluding hydrogens is 550 g/mol. The molecule has 0 unspecified atom stereocenters. The molecule has 0 aliphatic heterocycles. The third-order valence-corrected chi connectivity index (χ3v) is 7.60. The van der Waals surface area contributed by atoms with Crippen LogP contribution in [0.25, 0.3) is 0 Å². The summed E-state index contributed by atoms with van der Waals surface area (Å²) < 4.78 is 32.3. The maximum Gasteiger partial charge on any atom is 0.244 e. The van der Waals surface area contributed by atoms with Crippen LogP contribution in [0.2, 0.25) is 5.02 Å². The Balaban J connectivity index is 2.07. The van der Waals surface area contributed by atoms with Crippen LogP contribution in [0.3, 0.4) is 0 Å². The average Bonchev–Trinajstić information content (AvgIpc) is 2.92. The second kappa shape index (κ2) is 14.2. The highest BCUT2D eigenvalue weighted by atomic mass is 35.5. The number of nitrogens with one attached hydrogen (secondary N) is 1. The number of ether oxygens (including phenoxy) is 1. The van der Waals surface area contributed by atoms with Crippen molar-refractivity contribution in [1.82, 2.24) is 10.2 Å². The summed E-state index contributed by atoms with van der Waals surface area (Å²) in [6, 6.07) is 22.4. The summed E-state index contributed by atoms with van der Waals surface area (Å²) in [6.45, 7) is 3.97. The van der Waals surface area contributed by atoms with Gasteiger partial charge in [-0.1, -0.05) is 86.1 Å². The molecule has 0 aliphatic rings. The smallest absolute Gasteiger partial charge is 0.244 e. The summed E-state index contributed by atoms with van der Waals surface area (Å²) in [4.78, 5) is 29.2. The molecule has 1 atom stereocenters. The van der Waals surface area contributed by atoms with Gasteiger partial charge in [0.1, 0.15) is 18.3 Å². The maximum atomic E-state index is 14.1. The van der Waals surface area contributed by atoms with Crippen molar-refractivity contribution < 1.29 is 22.7 Å². The fourth-order valence-electron chi connectivity index (χ4n) is 4.21. The molecule has 3 aromatic rings. The first kappa shape index (κ1) is 31.0. The number of hydrogen-bond donors (Lipinski definition) is 1. The number of carbonyl (C=O) groups excluding carboxylic acids is 2. The lowest BCUT2D eigenvalue weighted by atomic mass is 10.0. The van der Waals surface area contributed by atoms with Crippen LogP contribution in [-0.2, 0) is 32.6 Å². The second-order valence-electron chi connectivity index (χ2n) is 9.94. The van der Waals surface area contributed by atoms with Crippen LogP contribution in [0.5, 0.6) is 5.75 Å². The van der Waals surface area contributed by atoms with Crippen molar-refractivity contribution in [2.75, 3.05) is 30.8 Å². The highest BCUT2D eigenvalue weighted by molar-refractivity contribution is 7.92. The van der Waals surface area contributed by atoms with Gasteiger partial charge >= 0.3 is 0 Å². The number of methoxy groups -OCH3 is 1. The molecule has 0 radical (unpaired) electrons. The highest BCUT2D eigenvalue weighted by Crippen LogP contribution is 2.33. The molecule has 40 heavy (non-hydrogen) atoms. The van der Waals surface area contributed by atoms with Gasteiger partial charge in [-0.25, -0.2) is 8.42 Å². The van der Waals surface area contributed by atoms with Crippen LogP contribution in [0.15, 0.2) is 78.9 Å². The van der Waals surface area contributed by atoms with Gasteiger partial charge in [0.2, 0.25) is 21.8 Å². The van der Waals surface area contributed by atoms with E-state index in [-0.39, 0.29) is 41.3 Å². The van der Waals surface area contributed by atoms with Gasteiger partial charge in [-0.15, -0.1) is 0 Å². The van der Waals surface area contributed by atoms with Gasteiger partial charge < -0.3 is 15.0 Å². The van der Waals surface area contributed by atoms with Gasteiger partial charge in [-0.05, 0) is 35.2 Å². The van der Waals surface area contributed by atoms with Crippen molar-refractivity contribution in [2.24, 2.45) is 5.92 Å². The van der Waals surface area contributed by atoms with E-state index in [0.29, 0.717) is 6.54 Å². The summed E-state index contributed by atoms with van der Waals surface area (Å²) in [5, 5.41) is 3.25. The first-order chi connectivity index (χ1) is 19.0. The third-order valence-electron chi connectivity index (χ3n) is 6.24. The van der Waals surface area contributed by atoms with Crippen LogP contribution in [-0.4, -0.2) is 57.6 Å². The predicted molar refractivity (Wildman–Crippen MR) is 159 cm³/mol. The fraction of sp³-hybridized carbons (Fsp3) is 0.333. The van der Waals surface area contributed by atoms with Crippen LogP contribution >= 0.6 is 11.6 Å². The van der Waals surface area contributed by atoms with Crippen LogP contribution in [0.4, 0.5) is 5.69 Å². The number of benzene rings is 3. The van der Waals surface area contributed by atoms with Crippen LogP contribution in [0, 0.1) is 5.92 Å². The van der Waals surface area contributed by atoms with Crippen molar-refractivity contribution in [3.05, 3.63) is 95.0 Å².